The average Bonchev–Trinajstić information content (AvgIpc) is 2.94. The van der Waals surface area contributed by atoms with E-state index in [0.29, 0.717) is 22.6 Å². The van der Waals surface area contributed by atoms with E-state index < -0.39 is 11.8 Å². The highest BCUT2D eigenvalue weighted by Gasteiger charge is 2.14. The first kappa shape index (κ1) is 27.0. The van der Waals surface area contributed by atoms with Gasteiger partial charge in [0.1, 0.15) is 5.70 Å². The maximum Gasteiger partial charge on any atom is 0.287 e. The molecule has 192 valence electrons. The molecule has 37 heavy (non-hydrogen) atoms. The van der Waals surface area contributed by atoms with Crippen LogP contribution in [0, 0.1) is 0 Å². The van der Waals surface area contributed by atoms with Gasteiger partial charge < -0.3 is 19.7 Å². The van der Waals surface area contributed by atoms with Crippen molar-refractivity contribution in [2.45, 2.75) is 13.8 Å². The number of methoxy groups -OCH3 is 2. The largest absolute Gasteiger partial charge is 0.493 e. The number of carbonyl (C=O) groups excluding carboxylic acids is 2. The molecule has 0 aliphatic carbocycles. The summed E-state index contributed by atoms with van der Waals surface area (Å²) in [6.07, 6.45) is 3.10. The molecule has 0 fully saturated rings. The zero-order chi connectivity index (χ0) is 26.6. The predicted octanol–water partition coefficient (Wildman–Crippen LogP) is 4.47. The smallest absolute Gasteiger partial charge is 0.287 e. The fourth-order valence-electron chi connectivity index (χ4n) is 3.64. The predicted molar refractivity (Wildman–Crippen MR) is 147 cm³/mol. The SMILES string of the molecule is CCN(CC)c1ccc(/C=C(\NC(=O)c2ccccc2)C(=O)N/N=C/c2ccc(OC)c(OC)c2)cc1. The third-order valence-corrected chi connectivity index (χ3v) is 5.65. The molecule has 8 heteroatoms. The molecule has 0 saturated heterocycles. The fourth-order valence-corrected chi connectivity index (χ4v) is 3.64. The second-order valence-electron chi connectivity index (χ2n) is 7.96. The van der Waals surface area contributed by atoms with Crippen molar-refractivity contribution in [3.05, 3.63) is 95.2 Å². The molecular formula is C29H32N4O4. The lowest BCUT2D eigenvalue weighted by Gasteiger charge is -2.20. The number of benzene rings is 3. The van der Waals surface area contributed by atoms with Gasteiger partial charge in [0.05, 0.1) is 20.4 Å². The van der Waals surface area contributed by atoms with E-state index in [2.05, 4.69) is 34.6 Å². The summed E-state index contributed by atoms with van der Waals surface area (Å²) in [4.78, 5) is 28.1. The molecule has 3 aromatic carbocycles. The van der Waals surface area contributed by atoms with Crippen LogP contribution in [0.5, 0.6) is 11.5 Å². The lowest BCUT2D eigenvalue weighted by molar-refractivity contribution is -0.117. The first-order chi connectivity index (χ1) is 18.0. The summed E-state index contributed by atoms with van der Waals surface area (Å²) < 4.78 is 10.5. The maximum atomic E-state index is 13.0. The van der Waals surface area contributed by atoms with Crippen molar-refractivity contribution in [3.63, 3.8) is 0 Å². The molecule has 0 bridgehead atoms. The Morgan fingerprint density at radius 2 is 1.51 bits per heavy atom. The number of hydrogen-bond acceptors (Lipinski definition) is 6. The first-order valence-corrected chi connectivity index (χ1v) is 12.0. The Kier molecular flexibility index (Phi) is 9.84. The van der Waals surface area contributed by atoms with E-state index in [4.69, 9.17) is 9.47 Å². The van der Waals surface area contributed by atoms with E-state index in [-0.39, 0.29) is 5.70 Å². The van der Waals surface area contributed by atoms with Gasteiger partial charge >= 0.3 is 0 Å². The lowest BCUT2D eigenvalue weighted by Crippen LogP contribution is -2.32. The molecule has 0 saturated carbocycles. The zero-order valence-electron chi connectivity index (χ0n) is 21.5. The Morgan fingerprint density at radius 1 is 0.865 bits per heavy atom. The topological polar surface area (TPSA) is 92.3 Å². The molecular weight excluding hydrogens is 468 g/mol. The number of hydrogen-bond donors (Lipinski definition) is 2. The van der Waals surface area contributed by atoms with Gasteiger partial charge in [-0.25, -0.2) is 5.43 Å². The van der Waals surface area contributed by atoms with Crippen LogP contribution in [0.1, 0.15) is 35.3 Å². The van der Waals surface area contributed by atoms with Gasteiger partial charge in [-0.1, -0.05) is 30.3 Å². The Labute approximate surface area is 217 Å². The Bertz CT molecular complexity index is 1250. The minimum Gasteiger partial charge on any atom is -0.493 e. The van der Waals surface area contributed by atoms with E-state index in [9.17, 15) is 9.59 Å². The monoisotopic (exact) mass is 500 g/mol. The van der Waals surface area contributed by atoms with Crippen molar-refractivity contribution in [2.75, 3.05) is 32.2 Å². The highest BCUT2D eigenvalue weighted by Crippen LogP contribution is 2.26. The van der Waals surface area contributed by atoms with Gasteiger partial charge in [0.25, 0.3) is 11.8 Å². The average molecular weight is 501 g/mol. The summed E-state index contributed by atoms with van der Waals surface area (Å²) >= 11 is 0. The lowest BCUT2D eigenvalue weighted by atomic mass is 10.1. The summed E-state index contributed by atoms with van der Waals surface area (Å²) in [6, 6.07) is 21.8. The summed E-state index contributed by atoms with van der Waals surface area (Å²) in [5, 5.41) is 6.77. The Balaban J connectivity index is 1.82. The quantitative estimate of drug-likeness (QED) is 0.230. The number of carbonyl (C=O) groups is 2. The van der Waals surface area contributed by atoms with Gasteiger partial charge in [-0.05, 0) is 73.5 Å². The van der Waals surface area contributed by atoms with Crippen molar-refractivity contribution in [3.8, 4) is 11.5 Å². The van der Waals surface area contributed by atoms with E-state index in [1.165, 1.54) is 6.21 Å². The number of anilines is 1. The van der Waals surface area contributed by atoms with Crippen LogP contribution < -0.4 is 25.1 Å². The summed E-state index contributed by atoms with van der Waals surface area (Å²) in [5.41, 5.74) is 5.53. The van der Waals surface area contributed by atoms with Gasteiger partial charge in [-0.15, -0.1) is 0 Å². The molecule has 2 amide bonds. The van der Waals surface area contributed by atoms with Gasteiger partial charge in [-0.3, -0.25) is 9.59 Å². The molecule has 0 unspecified atom stereocenters. The second kappa shape index (κ2) is 13.5. The number of ether oxygens (including phenoxy) is 2. The first-order valence-electron chi connectivity index (χ1n) is 12.0. The number of nitrogens with one attached hydrogen (secondary N) is 2. The van der Waals surface area contributed by atoms with Crippen LogP contribution in [0.25, 0.3) is 6.08 Å². The van der Waals surface area contributed by atoms with Crippen molar-refractivity contribution in [1.29, 1.82) is 0 Å². The number of hydrazone groups is 1. The molecule has 0 aromatic heterocycles. The van der Waals surface area contributed by atoms with Crippen molar-refractivity contribution in [1.82, 2.24) is 10.7 Å². The molecule has 3 aromatic rings. The van der Waals surface area contributed by atoms with Gasteiger partial charge in [0.15, 0.2) is 11.5 Å². The van der Waals surface area contributed by atoms with Gasteiger partial charge in [0, 0.05) is 24.3 Å². The van der Waals surface area contributed by atoms with E-state index in [1.807, 2.05) is 30.3 Å². The fraction of sp³-hybridized carbons (Fsp3) is 0.207. The number of amides is 2. The molecule has 0 heterocycles. The Morgan fingerprint density at radius 3 is 2.14 bits per heavy atom. The number of nitrogens with zero attached hydrogens (tertiary/aromatic N) is 2. The molecule has 0 atom stereocenters. The van der Waals surface area contributed by atoms with E-state index in [0.717, 1.165) is 24.3 Å². The summed E-state index contributed by atoms with van der Waals surface area (Å²) in [6.45, 7) is 5.98. The van der Waals surface area contributed by atoms with Crippen LogP contribution in [-0.4, -0.2) is 45.3 Å². The Hall–Kier alpha value is -4.59. The van der Waals surface area contributed by atoms with E-state index >= 15 is 0 Å². The summed E-state index contributed by atoms with van der Waals surface area (Å²) in [7, 11) is 3.10. The molecule has 0 spiro atoms. The molecule has 8 nitrogen and oxygen atoms in total. The van der Waals surface area contributed by atoms with Crippen molar-refractivity contribution < 1.29 is 19.1 Å². The normalized spacial score (nSPS) is 11.2. The van der Waals surface area contributed by atoms with Crippen LogP contribution >= 0.6 is 0 Å². The maximum absolute atomic E-state index is 13.0. The van der Waals surface area contributed by atoms with Crippen LogP contribution in [0.3, 0.4) is 0 Å². The van der Waals surface area contributed by atoms with Gasteiger partial charge in [0.2, 0.25) is 0 Å². The molecule has 0 radical (unpaired) electrons. The summed E-state index contributed by atoms with van der Waals surface area (Å²) in [5.74, 6) is 0.172. The van der Waals surface area contributed by atoms with Crippen LogP contribution in [0.15, 0.2) is 83.6 Å². The molecule has 0 aliphatic heterocycles. The molecule has 0 aliphatic rings. The van der Waals surface area contributed by atoms with E-state index in [1.54, 1.807) is 62.8 Å². The highest BCUT2D eigenvalue weighted by atomic mass is 16.5. The third kappa shape index (κ3) is 7.44. The van der Waals surface area contributed by atoms with Crippen LogP contribution in [-0.2, 0) is 4.79 Å². The molecule has 2 N–H and O–H groups in total. The van der Waals surface area contributed by atoms with Crippen molar-refractivity contribution in [2.24, 2.45) is 5.10 Å². The van der Waals surface area contributed by atoms with Crippen LogP contribution in [0.4, 0.5) is 5.69 Å². The third-order valence-electron chi connectivity index (χ3n) is 5.65. The zero-order valence-corrected chi connectivity index (χ0v) is 21.5. The van der Waals surface area contributed by atoms with Crippen molar-refractivity contribution >= 4 is 29.8 Å². The highest BCUT2D eigenvalue weighted by molar-refractivity contribution is 6.05. The minimum atomic E-state index is -0.561. The number of rotatable bonds is 11. The van der Waals surface area contributed by atoms with Crippen LogP contribution in [0.2, 0.25) is 0 Å². The molecule has 3 rings (SSSR count). The second-order valence-corrected chi connectivity index (χ2v) is 7.96. The minimum absolute atomic E-state index is 0.0638. The standard InChI is InChI=1S/C29H32N4O4/c1-5-33(6-2)24-15-12-21(13-16-24)18-25(31-28(34)23-10-8-7-9-11-23)29(35)32-30-20-22-14-17-26(36-3)27(19-22)37-4/h7-20H,5-6H2,1-4H3,(H,31,34)(H,32,35)/b25-18-,30-20+. The van der Waals surface area contributed by atoms with Gasteiger partial charge in [-0.2, -0.15) is 5.10 Å².